The molecule has 0 fully saturated rings. The van der Waals surface area contributed by atoms with Crippen LogP contribution in [-0.2, 0) is 4.79 Å². The molecule has 0 saturated carbocycles. The first kappa shape index (κ1) is 18.7. The predicted octanol–water partition coefficient (Wildman–Crippen LogP) is 4.56. The second kappa shape index (κ2) is 8.43. The van der Waals surface area contributed by atoms with E-state index in [4.69, 9.17) is 32.7 Å². The Bertz CT molecular complexity index is 873. The molecule has 25 heavy (non-hydrogen) atoms. The van der Waals surface area contributed by atoms with E-state index in [1.165, 1.54) is 26.4 Å². The number of amides is 1. The molecule has 0 radical (unpaired) electrons. The van der Waals surface area contributed by atoms with Gasteiger partial charge in [0.2, 0.25) is 0 Å². The quantitative estimate of drug-likeness (QED) is 0.613. The Morgan fingerprint density at radius 1 is 1.16 bits per heavy atom. The number of halogens is 2. The molecule has 0 aliphatic carbocycles. The summed E-state index contributed by atoms with van der Waals surface area (Å²) < 4.78 is 10.4. The number of anilines is 1. The van der Waals surface area contributed by atoms with Gasteiger partial charge in [-0.2, -0.15) is 5.26 Å². The van der Waals surface area contributed by atoms with Crippen molar-refractivity contribution in [2.45, 2.75) is 0 Å². The SMILES string of the molecule is COc1ccc(/C=C(/C#N)C(=O)Nc2cc(Cl)ccc2Cl)c(OC)c1. The molecule has 0 spiro atoms. The summed E-state index contributed by atoms with van der Waals surface area (Å²) in [6.45, 7) is 0. The zero-order valence-corrected chi connectivity index (χ0v) is 15.0. The predicted molar refractivity (Wildman–Crippen MR) is 98.2 cm³/mol. The van der Waals surface area contributed by atoms with Gasteiger partial charge in [-0.15, -0.1) is 0 Å². The van der Waals surface area contributed by atoms with Crippen molar-refractivity contribution in [1.82, 2.24) is 0 Å². The van der Waals surface area contributed by atoms with Crippen LogP contribution in [0, 0.1) is 11.3 Å². The summed E-state index contributed by atoms with van der Waals surface area (Å²) in [6, 6.07) is 11.6. The Hall–Kier alpha value is -2.68. The van der Waals surface area contributed by atoms with E-state index in [0.717, 1.165) is 0 Å². The summed E-state index contributed by atoms with van der Waals surface area (Å²) in [5.74, 6) is 0.466. The lowest BCUT2D eigenvalue weighted by atomic mass is 10.1. The van der Waals surface area contributed by atoms with E-state index in [0.29, 0.717) is 32.8 Å². The van der Waals surface area contributed by atoms with Crippen LogP contribution in [0.25, 0.3) is 6.08 Å². The molecule has 2 rings (SSSR count). The molecule has 0 aromatic heterocycles. The Morgan fingerprint density at radius 3 is 2.56 bits per heavy atom. The van der Waals surface area contributed by atoms with Crippen LogP contribution in [0.3, 0.4) is 0 Å². The first-order valence-electron chi connectivity index (χ1n) is 7.08. The van der Waals surface area contributed by atoms with E-state index in [1.807, 2.05) is 6.07 Å². The van der Waals surface area contributed by atoms with Gasteiger partial charge in [-0.05, 0) is 36.4 Å². The van der Waals surface area contributed by atoms with E-state index in [2.05, 4.69) is 5.32 Å². The standard InChI is InChI=1S/C18H14Cl2N2O3/c1-24-14-5-3-11(17(9-14)25-2)7-12(10-21)18(23)22-16-8-13(19)4-6-15(16)20/h3-9H,1-2H3,(H,22,23)/b12-7-. The molecule has 0 unspecified atom stereocenters. The molecule has 0 bridgehead atoms. The average molecular weight is 377 g/mol. The lowest BCUT2D eigenvalue weighted by Crippen LogP contribution is -2.13. The third-order valence-electron chi connectivity index (χ3n) is 3.28. The van der Waals surface area contributed by atoms with Crippen LogP contribution in [-0.4, -0.2) is 20.1 Å². The number of nitrogens with one attached hydrogen (secondary N) is 1. The highest BCUT2D eigenvalue weighted by Gasteiger charge is 2.13. The molecule has 1 N–H and O–H groups in total. The molecule has 7 heteroatoms. The van der Waals surface area contributed by atoms with Gasteiger partial charge in [-0.3, -0.25) is 4.79 Å². The van der Waals surface area contributed by atoms with Crippen molar-refractivity contribution in [1.29, 1.82) is 5.26 Å². The zero-order chi connectivity index (χ0) is 18.4. The van der Waals surface area contributed by atoms with Crippen molar-refractivity contribution in [3.8, 4) is 17.6 Å². The second-order valence-electron chi connectivity index (χ2n) is 4.86. The summed E-state index contributed by atoms with van der Waals surface area (Å²) in [7, 11) is 3.02. The number of hydrogen-bond donors (Lipinski definition) is 1. The lowest BCUT2D eigenvalue weighted by molar-refractivity contribution is -0.112. The van der Waals surface area contributed by atoms with Crippen molar-refractivity contribution in [2.75, 3.05) is 19.5 Å². The van der Waals surface area contributed by atoms with Crippen LogP contribution in [0.1, 0.15) is 5.56 Å². The number of benzene rings is 2. The maximum atomic E-state index is 12.4. The summed E-state index contributed by atoms with van der Waals surface area (Å²) in [5.41, 5.74) is 0.772. The normalized spacial score (nSPS) is 10.8. The molecule has 2 aromatic carbocycles. The summed E-state index contributed by atoms with van der Waals surface area (Å²) in [5, 5.41) is 12.6. The molecule has 0 aliphatic rings. The largest absolute Gasteiger partial charge is 0.497 e. The topological polar surface area (TPSA) is 71.3 Å². The van der Waals surface area contributed by atoms with Crippen LogP contribution in [0.4, 0.5) is 5.69 Å². The minimum atomic E-state index is -0.607. The fraction of sp³-hybridized carbons (Fsp3) is 0.111. The first-order valence-corrected chi connectivity index (χ1v) is 7.84. The summed E-state index contributed by atoms with van der Waals surface area (Å²) in [4.78, 5) is 12.4. The minimum absolute atomic E-state index is 0.112. The molecular weight excluding hydrogens is 363 g/mol. The molecule has 1 amide bonds. The molecule has 5 nitrogen and oxygen atoms in total. The first-order chi connectivity index (χ1) is 12.0. The Kier molecular flexibility index (Phi) is 6.29. The average Bonchev–Trinajstić information content (AvgIpc) is 2.62. The maximum Gasteiger partial charge on any atom is 0.266 e. The van der Waals surface area contributed by atoms with Gasteiger partial charge in [0, 0.05) is 16.7 Å². The second-order valence-corrected chi connectivity index (χ2v) is 5.70. The molecular formula is C18H14Cl2N2O3. The third kappa shape index (κ3) is 4.66. The van der Waals surface area contributed by atoms with Crippen molar-refractivity contribution in [3.05, 3.63) is 57.6 Å². The van der Waals surface area contributed by atoms with Crippen LogP contribution in [0.2, 0.25) is 10.0 Å². The molecule has 0 aliphatic heterocycles. The number of nitriles is 1. The van der Waals surface area contributed by atoms with Gasteiger partial charge in [0.25, 0.3) is 5.91 Å². The zero-order valence-electron chi connectivity index (χ0n) is 13.5. The van der Waals surface area contributed by atoms with Gasteiger partial charge in [0.05, 0.1) is 24.9 Å². The number of carbonyl (C=O) groups excluding carboxylic acids is 1. The number of rotatable bonds is 5. The van der Waals surface area contributed by atoms with Crippen LogP contribution in [0.5, 0.6) is 11.5 Å². The molecule has 0 saturated heterocycles. The van der Waals surface area contributed by atoms with E-state index in [1.54, 1.807) is 30.3 Å². The van der Waals surface area contributed by atoms with Gasteiger partial charge in [-0.1, -0.05) is 23.2 Å². The van der Waals surface area contributed by atoms with E-state index < -0.39 is 5.91 Å². The smallest absolute Gasteiger partial charge is 0.266 e. The maximum absolute atomic E-state index is 12.4. The number of methoxy groups -OCH3 is 2. The number of nitrogens with zero attached hydrogens (tertiary/aromatic N) is 1. The summed E-state index contributed by atoms with van der Waals surface area (Å²) >= 11 is 11.9. The lowest BCUT2D eigenvalue weighted by Gasteiger charge is -2.09. The van der Waals surface area contributed by atoms with Crippen LogP contribution < -0.4 is 14.8 Å². The van der Waals surface area contributed by atoms with E-state index in [9.17, 15) is 10.1 Å². The van der Waals surface area contributed by atoms with Crippen molar-refractivity contribution < 1.29 is 14.3 Å². The fourth-order valence-electron chi connectivity index (χ4n) is 2.02. The molecule has 0 heterocycles. The van der Waals surface area contributed by atoms with Crippen LogP contribution >= 0.6 is 23.2 Å². The number of ether oxygens (including phenoxy) is 2. The van der Waals surface area contributed by atoms with Gasteiger partial charge >= 0.3 is 0 Å². The minimum Gasteiger partial charge on any atom is -0.497 e. The monoisotopic (exact) mass is 376 g/mol. The highest BCUT2D eigenvalue weighted by molar-refractivity contribution is 6.36. The van der Waals surface area contributed by atoms with E-state index >= 15 is 0 Å². The molecule has 128 valence electrons. The van der Waals surface area contributed by atoms with Crippen LogP contribution in [0.15, 0.2) is 42.0 Å². The Morgan fingerprint density at radius 2 is 1.92 bits per heavy atom. The fourth-order valence-corrected chi connectivity index (χ4v) is 2.36. The van der Waals surface area contributed by atoms with Gasteiger partial charge in [0.15, 0.2) is 0 Å². The number of carbonyl (C=O) groups is 1. The van der Waals surface area contributed by atoms with Crippen molar-refractivity contribution in [2.24, 2.45) is 0 Å². The summed E-state index contributed by atoms with van der Waals surface area (Å²) in [6.07, 6.45) is 1.42. The van der Waals surface area contributed by atoms with Gasteiger partial charge in [-0.25, -0.2) is 0 Å². The van der Waals surface area contributed by atoms with Crippen molar-refractivity contribution >= 4 is 40.9 Å². The molecule has 0 atom stereocenters. The van der Waals surface area contributed by atoms with Gasteiger partial charge in [0.1, 0.15) is 23.1 Å². The van der Waals surface area contributed by atoms with Gasteiger partial charge < -0.3 is 14.8 Å². The Labute approximate surface area is 155 Å². The molecule has 2 aromatic rings. The highest BCUT2D eigenvalue weighted by atomic mass is 35.5. The third-order valence-corrected chi connectivity index (χ3v) is 3.85. The van der Waals surface area contributed by atoms with Crippen molar-refractivity contribution in [3.63, 3.8) is 0 Å². The highest BCUT2D eigenvalue weighted by Crippen LogP contribution is 2.28. The Balaban J connectivity index is 2.33. The number of hydrogen-bond acceptors (Lipinski definition) is 4. The van der Waals surface area contributed by atoms with E-state index in [-0.39, 0.29) is 5.57 Å².